The molecule has 0 heterocycles. The van der Waals surface area contributed by atoms with Gasteiger partial charge < -0.3 is 4.74 Å². The van der Waals surface area contributed by atoms with Crippen molar-refractivity contribution in [3.63, 3.8) is 0 Å². The van der Waals surface area contributed by atoms with Gasteiger partial charge in [0.15, 0.2) is 4.98 Å². The van der Waals surface area contributed by atoms with E-state index in [1.165, 1.54) is 6.92 Å². The van der Waals surface area contributed by atoms with Crippen LogP contribution in [-0.4, -0.2) is 11.7 Å². The predicted octanol–water partition coefficient (Wildman–Crippen LogP) is 0.893. The molecule has 0 aliphatic heterocycles. The fourth-order valence-electron chi connectivity index (χ4n) is 0.597. The molecule has 0 amide bonds. The summed E-state index contributed by atoms with van der Waals surface area (Å²) in [4.78, 5) is 13.2. The van der Waals surface area contributed by atoms with E-state index in [1.807, 2.05) is 0 Å². The lowest BCUT2D eigenvalue weighted by Crippen LogP contribution is -2.12. The maximum Gasteiger partial charge on any atom is 0.467 e. The summed E-state index contributed by atoms with van der Waals surface area (Å²) in [6, 6.07) is 0. The zero-order valence-electron chi connectivity index (χ0n) is 5.13. The Kier molecular flexibility index (Phi) is 1.13. The summed E-state index contributed by atoms with van der Waals surface area (Å²) in [5, 5.41) is 8.25. The Bertz CT molecular complexity index is 178. The molecular formula is C5H7N2O2+. The van der Waals surface area contributed by atoms with Gasteiger partial charge >= 0.3 is 11.7 Å². The fourth-order valence-corrected chi connectivity index (χ4v) is 0.597. The highest BCUT2D eigenvalue weighted by Crippen LogP contribution is 2.40. The second kappa shape index (κ2) is 1.69. The SMILES string of the molecule is CC(=O)OC1([N+]#N)CC1. The first kappa shape index (κ1) is 6.02. The lowest BCUT2D eigenvalue weighted by Gasteiger charge is -1.92. The summed E-state index contributed by atoms with van der Waals surface area (Å²) < 4.78 is 4.64. The Balaban J connectivity index is 2.45. The molecule has 0 aromatic carbocycles. The van der Waals surface area contributed by atoms with Crippen LogP contribution in [0.1, 0.15) is 19.8 Å². The molecule has 0 N–H and O–H groups in total. The zero-order chi connectivity index (χ0) is 6.91. The van der Waals surface area contributed by atoms with Crippen LogP contribution < -0.4 is 0 Å². The number of esters is 1. The number of nitrogens with zero attached hydrogens (tertiary/aromatic N) is 2. The van der Waals surface area contributed by atoms with Gasteiger partial charge in [0.25, 0.3) is 0 Å². The zero-order valence-corrected chi connectivity index (χ0v) is 5.13. The van der Waals surface area contributed by atoms with Crippen LogP contribution in [0.5, 0.6) is 0 Å². The van der Waals surface area contributed by atoms with Gasteiger partial charge in [0.1, 0.15) is 0 Å². The smallest absolute Gasteiger partial charge is 0.384 e. The van der Waals surface area contributed by atoms with Crippen molar-refractivity contribution >= 4 is 5.97 Å². The van der Waals surface area contributed by atoms with Crippen molar-refractivity contribution in [1.29, 1.82) is 5.39 Å². The minimum atomic E-state index is -0.855. The molecule has 9 heavy (non-hydrogen) atoms. The van der Waals surface area contributed by atoms with Crippen molar-refractivity contribution in [2.75, 3.05) is 0 Å². The van der Waals surface area contributed by atoms with Crippen LogP contribution in [0.15, 0.2) is 0 Å². The second-order valence-electron chi connectivity index (χ2n) is 2.14. The van der Waals surface area contributed by atoms with E-state index in [4.69, 9.17) is 5.39 Å². The first-order chi connectivity index (χ1) is 4.18. The lowest BCUT2D eigenvalue weighted by atomic mass is 10.6. The molecule has 48 valence electrons. The second-order valence-corrected chi connectivity index (χ2v) is 2.14. The van der Waals surface area contributed by atoms with Crippen molar-refractivity contribution in [3.8, 4) is 0 Å². The third-order valence-electron chi connectivity index (χ3n) is 1.19. The highest BCUT2D eigenvalue weighted by molar-refractivity contribution is 5.67. The first-order valence-electron chi connectivity index (χ1n) is 2.74. The van der Waals surface area contributed by atoms with Crippen LogP contribution >= 0.6 is 0 Å². The summed E-state index contributed by atoms with van der Waals surface area (Å²) in [6.07, 6.45) is 1.28. The Morgan fingerprint density at radius 2 is 2.33 bits per heavy atom. The molecule has 1 rings (SSSR count). The molecule has 1 saturated carbocycles. The molecule has 0 atom stereocenters. The molecule has 4 nitrogen and oxygen atoms in total. The van der Waals surface area contributed by atoms with Gasteiger partial charge in [0.2, 0.25) is 5.39 Å². The molecule has 0 aromatic heterocycles. The van der Waals surface area contributed by atoms with Gasteiger partial charge in [0, 0.05) is 6.92 Å². The standard InChI is InChI=1S/C5H7N2O2/c1-4(8)9-5(7-6)2-3-5/h2-3H2,1H3/q+1. The Morgan fingerprint density at radius 1 is 1.78 bits per heavy atom. The van der Waals surface area contributed by atoms with Gasteiger partial charge in [-0.3, -0.25) is 4.79 Å². The minimum Gasteiger partial charge on any atom is -0.384 e. The van der Waals surface area contributed by atoms with Crippen LogP contribution in [0.25, 0.3) is 4.98 Å². The van der Waals surface area contributed by atoms with Crippen LogP contribution in [0, 0.1) is 5.39 Å². The number of rotatable bonds is 1. The van der Waals surface area contributed by atoms with Crippen LogP contribution in [0.2, 0.25) is 0 Å². The van der Waals surface area contributed by atoms with Crippen molar-refractivity contribution in [2.24, 2.45) is 0 Å². The van der Waals surface area contributed by atoms with E-state index in [9.17, 15) is 4.79 Å². The highest BCUT2D eigenvalue weighted by Gasteiger charge is 2.62. The number of hydrogen-bond donors (Lipinski definition) is 0. The number of ether oxygens (including phenoxy) is 1. The molecule has 4 heteroatoms. The molecule has 1 aliphatic carbocycles. The Morgan fingerprint density at radius 3 is 2.44 bits per heavy atom. The van der Waals surface area contributed by atoms with E-state index in [0.717, 1.165) is 0 Å². The van der Waals surface area contributed by atoms with E-state index in [1.54, 1.807) is 0 Å². The molecule has 1 fully saturated rings. The summed E-state index contributed by atoms with van der Waals surface area (Å²) in [7, 11) is 0. The first-order valence-corrected chi connectivity index (χ1v) is 2.74. The highest BCUT2D eigenvalue weighted by atomic mass is 16.6. The number of hydrogen-bond acceptors (Lipinski definition) is 3. The molecule has 0 aromatic rings. The third-order valence-corrected chi connectivity index (χ3v) is 1.19. The third kappa shape index (κ3) is 1.17. The quantitative estimate of drug-likeness (QED) is 0.388. The molecule has 0 unspecified atom stereocenters. The number of carbonyl (C=O) groups excluding carboxylic acids is 1. The average molecular weight is 127 g/mol. The van der Waals surface area contributed by atoms with Gasteiger partial charge in [-0.2, -0.15) is 0 Å². The van der Waals surface area contributed by atoms with Gasteiger partial charge in [-0.05, 0) is 0 Å². The molecule has 0 bridgehead atoms. The largest absolute Gasteiger partial charge is 0.467 e. The van der Waals surface area contributed by atoms with Gasteiger partial charge in [0.05, 0.1) is 12.8 Å². The normalized spacial score (nSPS) is 20.0. The Labute approximate surface area is 52.4 Å². The van der Waals surface area contributed by atoms with Crippen molar-refractivity contribution in [3.05, 3.63) is 4.98 Å². The van der Waals surface area contributed by atoms with E-state index in [0.29, 0.717) is 12.8 Å². The van der Waals surface area contributed by atoms with Gasteiger partial charge in [-0.15, -0.1) is 0 Å². The number of carbonyl (C=O) groups is 1. The summed E-state index contributed by atoms with van der Waals surface area (Å²) in [6.45, 7) is 1.30. The summed E-state index contributed by atoms with van der Waals surface area (Å²) >= 11 is 0. The van der Waals surface area contributed by atoms with Crippen molar-refractivity contribution in [2.45, 2.75) is 25.5 Å². The molecule has 1 aliphatic rings. The molecule has 0 radical (unpaired) electrons. The topological polar surface area (TPSA) is 54.5 Å². The van der Waals surface area contributed by atoms with Crippen LogP contribution in [0.3, 0.4) is 0 Å². The maximum atomic E-state index is 10.3. The van der Waals surface area contributed by atoms with E-state index in [-0.39, 0.29) is 0 Å². The lowest BCUT2D eigenvalue weighted by molar-refractivity contribution is -0.145. The van der Waals surface area contributed by atoms with E-state index >= 15 is 0 Å². The minimum absolute atomic E-state index is 0.398. The average Bonchev–Trinajstić information content (AvgIpc) is 2.48. The van der Waals surface area contributed by atoms with Crippen LogP contribution in [0.4, 0.5) is 0 Å². The van der Waals surface area contributed by atoms with Crippen LogP contribution in [-0.2, 0) is 9.53 Å². The van der Waals surface area contributed by atoms with E-state index in [2.05, 4.69) is 9.71 Å². The Hall–Kier alpha value is -1.11. The summed E-state index contributed by atoms with van der Waals surface area (Å²) in [5.41, 5.74) is -0.855. The molecule has 0 spiro atoms. The van der Waals surface area contributed by atoms with Gasteiger partial charge in [-0.1, -0.05) is 0 Å². The van der Waals surface area contributed by atoms with Gasteiger partial charge in [-0.25, -0.2) is 0 Å². The summed E-state index contributed by atoms with van der Waals surface area (Å²) in [5.74, 6) is -0.398. The molecule has 0 saturated heterocycles. The molecular weight excluding hydrogens is 120 g/mol. The van der Waals surface area contributed by atoms with Crippen molar-refractivity contribution in [1.82, 2.24) is 0 Å². The van der Waals surface area contributed by atoms with E-state index < -0.39 is 11.7 Å². The predicted molar refractivity (Wildman–Crippen MR) is 28.8 cm³/mol. The monoisotopic (exact) mass is 127 g/mol. The number of diazo groups is 1. The maximum absolute atomic E-state index is 10.3. The fraction of sp³-hybridized carbons (Fsp3) is 0.800. The van der Waals surface area contributed by atoms with Crippen molar-refractivity contribution < 1.29 is 9.53 Å².